The van der Waals surface area contributed by atoms with Crippen molar-refractivity contribution in [2.75, 3.05) is 13.2 Å². The van der Waals surface area contributed by atoms with Gasteiger partial charge in [-0.3, -0.25) is 0 Å². The fourth-order valence-corrected chi connectivity index (χ4v) is 1.84. The molecular weight excluding hydrogens is 262 g/mol. The Balaban J connectivity index is 2.44. The molecule has 1 rings (SSSR count). The molecule has 0 aromatic heterocycles. The first-order valence-corrected chi connectivity index (χ1v) is 7.44. The number of unbranched alkanes of at least 4 members (excludes halogenated alkanes) is 4. The lowest BCUT2D eigenvalue weighted by Gasteiger charge is -2.11. The summed E-state index contributed by atoms with van der Waals surface area (Å²) in [6, 6.07) is 2.84. The molecule has 0 unspecified atom stereocenters. The highest BCUT2D eigenvalue weighted by Crippen LogP contribution is 2.27. The topological polar surface area (TPSA) is 18.5 Å². The quantitative estimate of drug-likeness (QED) is 0.557. The van der Waals surface area contributed by atoms with E-state index in [1.807, 2.05) is 6.92 Å². The third kappa shape index (κ3) is 5.35. The Morgan fingerprint density at radius 2 is 1.30 bits per heavy atom. The number of hydrogen-bond acceptors (Lipinski definition) is 2. The summed E-state index contributed by atoms with van der Waals surface area (Å²) in [7, 11) is 0. The van der Waals surface area contributed by atoms with Crippen molar-refractivity contribution in [3.8, 4) is 11.5 Å². The first kappa shape index (κ1) is 16.7. The van der Waals surface area contributed by atoms with Gasteiger partial charge in [-0.25, -0.2) is 0 Å². The van der Waals surface area contributed by atoms with E-state index in [0.717, 1.165) is 25.7 Å². The number of ether oxygens (including phenoxy) is 2. The molecule has 1 aromatic carbocycles. The normalized spacial score (nSPS) is 10.6. The van der Waals surface area contributed by atoms with E-state index in [0.29, 0.717) is 13.2 Å². The number of hydrogen-bond donors (Lipinski definition) is 0. The van der Waals surface area contributed by atoms with Crippen molar-refractivity contribution in [1.82, 2.24) is 0 Å². The van der Waals surface area contributed by atoms with E-state index >= 15 is 0 Å². The maximum Gasteiger partial charge on any atom is 0.204 e. The zero-order valence-corrected chi connectivity index (χ0v) is 12.4. The van der Waals surface area contributed by atoms with Crippen LogP contribution < -0.4 is 9.47 Å². The summed E-state index contributed by atoms with van der Waals surface area (Å²) in [6.45, 7) is 4.84. The molecule has 0 saturated heterocycles. The fourth-order valence-electron chi connectivity index (χ4n) is 1.84. The molecule has 0 spiro atoms. The molecule has 1 aromatic rings. The summed E-state index contributed by atoms with van der Waals surface area (Å²) in [5, 5.41) is 0. The van der Waals surface area contributed by atoms with Gasteiger partial charge in [0.1, 0.15) is 0 Å². The van der Waals surface area contributed by atoms with Crippen LogP contribution in [0.15, 0.2) is 12.1 Å². The van der Waals surface area contributed by atoms with Crippen LogP contribution in [0.5, 0.6) is 11.5 Å². The van der Waals surface area contributed by atoms with Gasteiger partial charge >= 0.3 is 0 Å². The molecule has 0 aliphatic carbocycles. The van der Waals surface area contributed by atoms with Crippen LogP contribution in [-0.2, 0) is 0 Å². The van der Waals surface area contributed by atoms with E-state index in [9.17, 15) is 8.78 Å². The molecule has 0 amide bonds. The van der Waals surface area contributed by atoms with Gasteiger partial charge in [-0.15, -0.1) is 0 Å². The Hall–Kier alpha value is -1.32. The van der Waals surface area contributed by atoms with E-state index in [2.05, 4.69) is 6.92 Å². The van der Waals surface area contributed by atoms with Crippen molar-refractivity contribution in [3.63, 3.8) is 0 Å². The second-order valence-electron chi connectivity index (χ2n) is 4.80. The van der Waals surface area contributed by atoms with Crippen LogP contribution in [0, 0.1) is 11.6 Å². The molecule has 0 atom stereocenters. The zero-order chi connectivity index (χ0) is 14.8. The summed E-state index contributed by atoms with van der Waals surface area (Å²) in [4.78, 5) is 0. The smallest absolute Gasteiger partial charge is 0.204 e. The monoisotopic (exact) mass is 286 g/mol. The van der Waals surface area contributed by atoms with Crippen LogP contribution in [0.1, 0.15) is 52.4 Å². The lowest BCUT2D eigenvalue weighted by Crippen LogP contribution is -2.03. The first-order valence-electron chi connectivity index (χ1n) is 7.44. The van der Waals surface area contributed by atoms with Crippen molar-refractivity contribution in [1.29, 1.82) is 0 Å². The maximum absolute atomic E-state index is 13.7. The standard InChI is InChI=1S/C16H24F2O2/c1-3-5-6-7-8-12-20-14-10-9-13(19-11-4-2)15(17)16(14)18/h9-10H,3-8,11-12H2,1-2H3. The number of halogens is 2. The molecule has 0 aliphatic rings. The summed E-state index contributed by atoms with van der Waals surface area (Å²) < 4.78 is 37.8. The molecule has 0 N–H and O–H groups in total. The Morgan fingerprint density at radius 1 is 0.750 bits per heavy atom. The minimum atomic E-state index is -0.970. The highest BCUT2D eigenvalue weighted by atomic mass is 19.2. The lowest BCUT2D eigenvalue weighted by molar-refractivity contribution is 0.270. The van der Waals surface area contributed by atoms with E-state index in [1.54, 1.807) is 0 Å². The summed E-state index contributed by atoms with van der Waals surface area (Å²) in [5.41, 5.74) is 0. The second-order valence-corrected chi connectivity index (χ2v) is 4.80. The van der Waals surface area contributed by atoms with Gasteiger partial charge in [0, 0.05) is 0 Å². The Kier molecular flexibility index (Phi) is 8.00. The van der Waals surface area contributed by atoms with Gasteiger partial charge in [-0.2, -0.15) is 8.78 Å². The Bertz CT molecular complexity index is 394. The molecule has 0 saturated carbocycles. The largest absolute Gasteiger partial charge is 0.490 e. The van der Waals surface area contributed by atoms with Crippen molar-refractivity contribution < 1.29 is 18.3 Å². The second kappa shape index (κ2) is 9.56. The highest BCUT2D eigenvalue weighted by Gasteiger charge is 2.15. The summed E-state index contributed by atoms with van der Waals surface area (Å²) in [5.74, 6) is -2.03. The van der Waals surface area contributed by atoms with Gasteiger partial charge in [0.25, 0.3) is 0 Å². The predicted octanol–water partition coefficient (Wildman–Crippen LogP) is 5.10. The van der Waals surface area contributed by atoms with Crippen LogP contribution in [-0.4, -0.2) is 13.2 Å². The van der Waals surface area contributed by atoms with Crippen LogP contribution in [0.3, 0.4) is 0 Å². The van der Waals surface area contributed by atoms with Gasteiger partial charge in [0.15, 0.2) is 11.5 Å². The van der Waals surface area contributed by atoms with E-state index in [-0.39, 0.29) is 11.5 Å². The molecule has 0 heterocycles. The van der Waals surface area contributed by atoms with Crippen molar-refractivity contribution in [2.45, 2.75) is 52.4 Å². The minimum Gasteiger partial charge on any atom is -0.490 e. The van der Waals surface area contributed by atoms with Crippen molar-refractivity contribution in [3.05, 3.63) is 23.8 Å². The van der Waals surface area contributed by atoms with Crippen LogP contribution in [0.2, 0.25) is 0 Å². The van der Waals surface area contributed by atoms with Gasteiger partial charge in [0.2, 0.25) is 11.6 Å². The van der Waals surface area contributed by atoms with E-state index in [1.165, 1.54) is 25.0 Å². The number of rotatable bonds is 10. The average molecular weight is 286 g/mol. The molecule has 20 heavy (non-hydrogen) atoms. The maximum atomic E-state index is 13.7. The molecule has 114 valence electrons. The highest BCUT2D eigenvalue weighted by molar-refractivity contribution is 5.35. The van der Waals surface area contributed by atoms with Crippen LogP contribution >= 0.6 is 0 Å². The number of benzene rings is 1. The van der Waals surface area contributed by atoms with Crippen LogP contribution in [0.4, 0.5) is 8.78 Å². The van der Waals surface area contributed by atoms with Gasteiger partial charge in [0.05, 0.1) is 13.2 Å². The molecule has 4 heteroatoms. The Morgan fingerprint density at radius 3 is 1.85 bits per heavy atom. The first-order chi connectivity index (χ1) is 9.70. The lowest BCUT2D eigenvalue weighted by atomic mass is 10.2. The van der Waals surface area contributed by atoms with Crippen LogP contribution in [0.25, 0.3) is 0 Å². The third-order valence-electron chi connectivity index (χ3n) is 2.98. The fraction of sp³-hybridized carbons (Fsp3) is 0.625. The third-order valence-corrected chi connectivity index (χ3v) is 2.98. The molecule has 0 fully saturated rings. The van der Waals surface area contributed by atoms with Crippen molar-refractivity contribution in [2.24, 2.45) is 0 Å². The Labute approximate surface area is 120 Å². The molecule has 0 radical (unpaired) electrons. The molecule has 0 aliphatic heterocycles. The average Bonchev–Trinajstić information content (AvgIpc) is 2.46. The summed E-state index contributed by atoms with van der Waals surface area (Å²) in [6.07, 6.45) is 6.19. The van der Waals surface area contributed by atoms with E-state index in [4.69, 9.17) is 9.47 Å². The molecule has 0 bridgehead atoms. The minimum absolute atomic E-state index is 0.0400. The predicted molar refractivity (Wildman–Crippen MR) is 76.4 cm³/mol. The van der Waals surface area contributed by atoms with Gasteiger partial charge < -0.3 is 9.47 Å². The SMILES string of the molecule is CCCCCCCOc1ccc(OCCC)c(F)c1F. The van der Waals surface area contributed by atoms with Crippen molar-refractivity contribution >= 4 is 0 Å². The molecular formula is C16H24F2O2. The summed E-state index contributed by atoms with van der Waals surface area (Å²) >= 11 is 0. The zero-order valence-electron chi connectivity index (χ0n) is 12.4. The van der Waals surface area contributed by atoms with E-state index < -0.39 is 11.6 Å². The van der Waals surface area contributed by atoms with Gasteiger partial charge in [-0.1, -0.05) is 39.5 Å². The van der Waals surface area contributed by atoms with Gasteiger partial charge in [-0.05, 0) is 25.0 Å². The molecule has 2 nitrogen and oxygen atoms in total.